The zero-order valence-corrected chi connectivity index (χ0v) is 18.0. The summed E-state index contributed by atoms with van der Waals surface area (Å²) in [7, 11) is 0. The Labute approximate surface area is 175 Å². The predicted octanol–water partition coefficient (Wildman–Crippen LogP) is 4.45. The molecule has 1 aliphatic heterocycles. The first-order valence-electron chi connectivity index (χ1n) is 10.4. The van der Waals surface area contributed by atoms with Gasteiger partial charge in [-0.2, -0.15) is 0 Å². The Morgan fingerprint density at radius 1 is 1.14 bits per heavy atom. The average molecular weight is 410 g/mol. The molecular formula is C23H27N3O2S. The fourth-order valence-electron chi connectivity index (χ4n) is 4.39. The number of thioether (sulfide) groups is 1. The van der Waals surface area contributed by atoms with Gasteiger partial charge in [0.05, 0.1) is 16.7 Å². The van der Waals surface area contributed by atoms with Crippen LogP contribution in [0.15, 0.2) is 46.3 Å². The monoisotopic (exact) mass is 409 g/mol. The first kappa shape index (κ1) is 20.0. The number of fused-ring (bicyclic) bond motifs is 2. The quantitative estimate of drug-likeness (QED) is 0.363. The molecule has 1 fully saturated rings. The van der Waals surface area contributed by atoms with E-state index in [0.717, 1.165) is 23.6 Å². The SMILES string of the molecule is CCn1c(SCC(=O)N2[C@H](C)CCC[C@@H]2C)nc2cc3ccccc3cc2c1=O. The Kier molecular flexibility index (Phi) is 5.63. The van der Waals surface area contributed by atoms with Crippen LogP contribution in [0.25, 0.3) is 21.7 Å². The number of rotatable bonds is 4. The van der Waals surface area contributed by atoms with Crippen LogP contribution in [0.5, 0.6) is 0 Å². The predicted molar refractivity (Wildman–Crippen MR) is 120 cm³/mol. The van der Waals surface area contributed by atoms with Gasteiger partial charge < -0.3 is 4.90 Å². The summed E-state index contributed by atoms with van der Waals surface area (Å²) in [6, 6.07) is 12.4. The van der Waals surface area contributed by atoms with Crippen molar-refractivity contribution in [1.82, 2.24) is 14.5 Å². The van der Waals surface area contributed by atoms with Gasteiger partial charge in [0.15, 0.2) is 5.16 Å². The minimum absolute atomic E-state index is 0.0436. The Morgan fingerprint density at radius 3 is 2.45 bits per heavy atom. The topological polar surface area (TPSA) is 55.2 Å². The van der Waals surface area contributed by atoms with Crippen LogP contribution >= 0.6 is 11.8 Å². The number of nitrogens with zero attached hydrogens (tertiary/aromatic N) is 3. The molecule has 0 saturated carbocycles. The van der Waals surface area contributed by atoms with E-state index in [1.165, 1.54) is 18.2 Å². The lowest BCUT2D eigenvalue weighted by atomic mass is 9.98. The highest BCUT2D eigenvalue weighted by Gasteiger charge is 2.29. The summed E-state index contributed by atoms with van der Waals surface area (Å²) in [5, 5.41) is 3.33. The van der Waals surface area contributed by atoms with Crippen LogP contribution in [0.4, 0.5) is 0 Å². The van der Waals surface area contributed by atoms with Crippen LogP contribution in [0.1, 0.15) is 40.0 Å². The van der Waals surface area contributed by atoms with Crippen molar-refractivity contribution in [2.75, 3.05) is 5.75 Å². The van der Waals surface area contributed by atoms with Crippen molar-refractivity contribution in [3.05, 3.63) is 46.8 Å². The number of aromatic nitrogens is 2. The minimum atomic E-state index is -0.0436. The Bertz CT molecular complexity index is 1110. The van der Waals surface area contributed by atoms with E-state index in [1.807, 2.05) is 48.2 Å². The van der Waals surface area contributed by atoms with Crippen molar-refractivity contribution >= 4 is 39.3 Å². The number of carbonyl (C=O) groups excluding carboxylic acids is 1. The molecule has 0 aliphatic carbocycles. The molecule has 2 aromatic carbocycles. The van der Waals surface area contributed by atoms with Gasteiger partial charge >= 0.3 is 0 Å². The van der Waals surface area contributed by atoms with Crippen molar-refractivity contribution in [2.24, 2.45) is 0 Å². The molecule has 2 atom stereocenters. The third-order valence-electron chi connectivity index (χ3n) is 5.91. The van der Waals surface area contributed by atoms with E-state index in [-0.39, 0.29) is 23.6 Å². The fraction of sp³-hybridized carbons (Fsp3) is 0.435. The molecule has 5 nitrogen and oxygen atoms in total. The number of hydrogen-bond donors (Lipinski definition) is 0. The van der Waals surface area contributed by atoms with Crippen molar-refractivity contribution in [1.29, 1.82) is 0 Å². The van der Waals surface area contributed by atoms with Crippen LogP contribution in [0.3, 0.4) is 0 Å². The first-order chi connectivity index (χ1) is 14.0. The second-order valence-electron chi connectivity index (χ2n) is 7.88. The molecule has 1 saturated heterocycles. The number of benzene rings is 2. The standard InChI is InChI=1S/C23H27N3O2S/c1-4-25-22(28)19-12-17-10-5-6-11-18(17)13-20(19)24-23(25)29-14-21(27)26-15(2)8-7-9-16(26)3/h5-6,10-13,15-16H,4,7-9,14H2,1-3H3/t15-,16+. The highest BCUT2D eigenvalue weighted by atomic mass is 32.2. The van der Waals surface area contributed by atoms with Gasteiger partial charge in [0.2, 0.25) is 5.91 Å². The zero-order chi connectivity index (χ0) is 20.5. The summed E-state index contributed by atoms with van der Waals surface area (Å²) in [4.78, 5) is 32.8. The fourth-order valence-corrected chi connectivity index (χ4v) is 5.32. The van der Waals surface area contributed by atoms with Crippen LogP contribution in [0.2, 0.25) is 0 Å². The van der Waals surface area contributed by atoms with Crippen molar-refractivity contribution in [2.45, 2.75) is 63.8 Å². The molecule has 1 amide bonds. The maximum atomic E-state index is 13.1. The van der Waals surface area contributed by atoms with Crippen molar-refractivity contribution in [3.63, 3.8) is 0 Å². The second kappa shape index (κ2) is 8.19. The van der Waals surface area contributed by atoms with Crippen molar-refractivity contribution in [3.8, 4) is 0 Å². The second-order valence-corrected chi connectivity index (χ2v) is 8.82. The van der Waals surface area contributed by atoms with Gasteiger partial charge in [0.25, 0.3) is 5.56 Å². The van der Waals surface area contributed by atoms with Crippen LogP contribution < -0.4 is 5.56 Å². The number of piperidine rings is 1. The molecule has 0 radical (unpaired) electrons. The molecule has 1 aliphatic rings. The third-order valence-corrected chi connectivity index (χ3v) is 6.87. The summed E-state index contributed by atoms with van der Waals surface area (Å²) in [6.45, 7) is 6.72. The number of amides is 1. The summed E-state index contributed by atoms with van der Waals surface area (Å²) in [5.41, 5.74) is 0.644. The number of carbonyl (C=O) groups is 1. The summed E-state index contributed by atoms with van der Waals surface area (Å²) >= 11 is 1.37. The van der Waals surface area contributed by atoms with Gasteiger partial charge in [0.1, 0.15) is 0 Å². The van der Waals surface area contributed by atoms with E-state index >= 15 is 0 Å². The first-order valence-corrected chi connectivity index (χ1v) is 11.4. The number of likely N-dealkylation sites (tertiary alicyclic amines) is 1. The third kappa shape index (κ3) is 3.78. The van der Waals surface area contributed by atoms with Crippen LogP contribution in [-0.4, -0.2) is 38.2 Å². The van der Waals surface area contributed by atoms with E-state index in [4.69, 9.17) is 4.98 Å². The molecule has 0 unspecified atom stereocenters. The Balaban J connectivity index is 1.67. The maximum absolute atomic E-state index is 13.1. The molecule has 2 heterocycles. The van der Waals surface area contributed by atoms with Gasteiger partial charge in [0, 0.05) is 18.6 Å². The molecule has 3 aromatic rings. The molecular weight excluding hydrogens is 382 g/mol. The molecule has 6 heteroatoms. The van der Waals surface area contributed by atoms with E-state index in [9.17, 15) is 9.59 Å². The minimum Gasteiger partial charge on any atom is -0.337 e. The average Bonchev–Trinajstić information content (AvgIpc) is 2.71. The smallest absolute Gasteiger partial charge is 0.262 e. The van der Waals surface area contributed by atoms with Gasteiger partial charge in [-0.1, -0.05) is 36.0 Å². The Hall–Kier alpha value is -2.34. The van der Waals surface area contributed by atoms with E-state index in [2.05, 4.69) is 13.8 Å². The normalized spacial score (nSPS) is 19.8. The van der Waals surface area contributed by atoms with Gasteiger partial charge in [-0.3, -0.25) is 14.2 Å². The highest BCUT2D eigenvalue weighted by molar-refractivity contribution is 7.99. The number of hydrogen-bond acceptors (Lipinski definition) is 4. The lowest BCUT2D eigenvalue weighted by Crippen LogP contribution is -2.48. The molecule has 1 aromatic heterocycles. The summed E-state index contributed by atoms with van der Waals surface area (Å²) < 4.78 is 1.68. The molecule has 152 valence electrons. The lowest BCUT2D eigenvalue weighted by Gasteiger charge is -2.39. The maximum Gasteiger partial charge on any atom is 0.262 e. The zero-order valence-electron chi connectivity index (χ0n) is 17.2. The largest absolute Gasteiger partial charge is 0.337 e. The van der Waals surface area contributed by atoms with Gasteiger partial charge in [-0.25, -0.2) is 4.98 Å². The van der Waals surface area contributed by atoms with Gasteiger partial charge in [-0.05, 0) is 62.9 Å². The molecule has 4 rings (SSSR count). The van der Waals surface area contributed by atoms with Crippen LogP contribution in [-0.2, 0) is 11.3 Å². The summed E-state index contributed by atoms with van der Waals surface area (Å²) in [5.74, 6) is 0.436. The van der Waals surface area contributed by atoms with E-state index in [0.29, 0.717) is 28.4 Å². The molecule has 29 heavy (non-hydrogen) atoms. The van der Waals surface area contributed by atoms with E-state index < -0.39 is 0 Å². The van der Waals surface area contributed by atoms with Crippen molar-refractivity contribution < 1.29 is 4.79 Å². The van der Waals surface area contributed by atoms with Gasteiger partial charge in [-0.15, -0.1) is 0 Å². The molecule has 0 spiro atoms. The molecule has 0 bridgehead atoms. The molecule has 0 N–H and O–H groups in total. The highest BCUT2D eigenvalue weighted by Crippen LogP contribution is 2.26. The summed E-state index contributed by atoms with van der Waals surface area (Å²) in [6.07, 6.45) is 3.29. The lowest BCUT2D eigenvalue weighted by molar-refractivity contribution is -0.134. The van der Waals surface area contributed by atoms with E-state index in [1.54, 1.807) is 4.57 Å². The van der Waals surface area contributed by atoms with Crippen LogP contribution in [0, 0.1) is 0 Å². The Morgan fingerprint density at radius 2 is 1.79 bits per heavy atom.